The Labute approximate surface area is 102 Å². The van der Waals surface area contributed by atoms with E-state index in [1.54, 1.807) is 7.11 Å². The third-order valence-electron chi connectivity index (χ3n) is 2.50. The van der Waals surface area contributed by atoms with Crippen molar-refractivity contribution in [2.45, 2.75) is 18.9 Å². The normalized spacial score (nSPS) is 12.3. The van der Waals surface area contributed by atoms with E-state index in [1.807, 2.05) is 30.3 Å². The summed E-state index contributed by atoms with van der Waals surface area (Å²) in [4.78, 5) is 10.8. The first kappa shape index (κ1) is 13.7. The number of rotatable bonds is 8. The lowest BCUT2D eigenvalue weighted by Gasteiger charge is -2.17. The van der Waals surface area contributed by atoms with Gasteiger partial charge in [-0.3, -0.25) is 4.79 Å². The molecule has 0 saturated carbocycles. The van der Waals surface area contributed by atoms with Crippen LogP contribution >= 0.6 is 0 Å². The molecule has 0 aliphatic carbocycles. The van der Waals surface area contributed by atoms with Gasteiger partial charge in [0.05, 0.1) is 6.42 Å². The second-order valence-electron chi connectivity index (χ2n) is 3.86. The van der Waals surface area contributed by atoms with Crippen molar-refractivity contribution in [1.82, 2.24) is 5.32 Å². The monoisotopic (exact) mass is 237 g/mol. The van der Waals surface area contributed by atoms with Gasteiger partial charge >= 0.3 is 5.97 Å². The lowest BCUT2D eigenvalue weighted by Crippen LogP contribution is -2.25. The highest BCUT2D eigenvalue weighted by Crippen LogP contribution is 2.16. The summed E-state index contributed by atoms with van der Waals surface area (Å²) in [5.74, 6) is -0.793. The van der Waals surface area contributed by atoms with E-state index in [1.165, 1.54) is 0 Å². The van der Waals surface area contributed by atoms with E-state index in [4.69, 9.17) is 9.84 Å². The highest BCUT2D eigenvalue weighted by atomic mass is 16.5. The summed E-state index contributed by atoms with van der Waals surface area (Å²) in [7, 11) is 1.66. The molecule has 0 aliphatic rings. The minimum atomic E-state index is -0.793. The molecule has 1 atom stereocenters. The first-order chi connectivity index (χ1) is 8.24. The fourth-order valence-corrected chi connectivity index (χ4v) is 1.66. The fraction of sp³-hybridized carbons (Fsp3) is 0.462. The first-order valence-electron chi connectivity index (χ1n) is 5.73. The van der Waals surface area contributed by atoms with Crippen LogP contribution in [0.4, 0.5) is 0 Å². The van der Waals surface area contributed by atoms with Gasteiger partial charge in [-0.1, -0.05) is 30.3 Å². The van der Waals surface area contributed by atoms with Crippen LogP contribution < -0.4 is 5.32 Å². The van der Waals surface area contributed by atoms with Crippen LogP contribution in [0.5, 0.6) is 0 Å². The summed E-state index contributed by atoms with van der Waals surface area (Å²) in [6.07, 6.45) is 0.969. The van der Waals surface area contributed by atoms with Crippen LogP contribution in [0.25, 0.3) is 0 Å². The van der Waals surface area contributed by atoms with Crippen LogP contribution in [0.2, 0.25) is 0 Å². The lowest BCUT2D eigenvalue weighted by atomic mass is 10.0. The quantitative estimate of drug-likeness (QED) is 0.677. The summed E-state index contributed by atoms with van der Waals surface area (Å²) in [6, 6.07) is 9.51. The van der Waals surface area contributed by atoms with Gasteiger partial charge in [-0.2, -0.15) is 0 Å². The number of carboxylic acid groups (broad SMARTS) is 1. The molecule has 4 nitrogen and oxygen atoms in total. The molecule has 2 N–H and O–H groups in total. The van der Waals surface area contributed by atoms with E-state index in [-0.39, 0.29) is 12.5 Å². The second kappa shape index (κ2) is 7.81. The van der Waals surface area contributed by atoms with Crippen LogP contribution in [0.1, 0.15) is 24.4 Å². The first-order valence-corrected chi connectivity index (χ1v) is 5.73. The molecule has 0 spiro atoms. The van der Waals surface area contributed by atoms with Crippen LogP contribution in [-0.2, 0) is 9.53 Å². The van der Waals surface area contributed by atoms with E-state index in [9.17, 15) is 4.79 Å². The number of carboxylic acids is 1. The van der Waals surface area contributed by atoms with E-state index in [0.29, 0.717) is 6.61 Å². The Balaban J connectivity index is 2.52. The van der Waals surface area contributed by atoms with Gasteiger partial charge in [-0.15, -0.1) is 0 Å². The molecule has 0 heterocycles. The van der Waals surface area contributed by atoms with Gasteiger partial charge in [0.25, 0.3) is 0 Å². The number of nitrogens with one attached hydrogen (secondary N) is 1. The van der Waals surface area contributed by atoms with Gasteiger partial charge in [0.2, 0.25) is 0 Å². The maximum absolute atomic E-state index is 10.8. The molecule has 94 valence electrons. The topological polar surface area (TPSA) is 58.6 Å². The number of benzene rings is 1. The molecule has 1 aromatic carbocycles. The molecule has 1 rings (SSSR count). The van der Waals surface area contributed by atoms with Gasteiger partial charge < -0.3 is 15.2 Å². The zero-order valence-electron chi connectivity index (χ0n) is 10.1. The summed E-state index contributed by atoms with van der Waals surface area (Å²) in [6.45, 7) is 1.43. The average molecular weight is 237 g/mol. The Bertz CT molecular complexity index is 327. The van der Waals surface area contributed by atoms with Crippen molar-refractivity contribution in [2.24, 2.45) is 0 Å². The van der Waals surface area contributed by atoms with Crippen LogP contribution in [0.15, 0.2) is 30.3 Å². The van der Waals surface area contributed by atoms with Crippen molar-refractivity contribution in [1.29, 1.82) is 0 Å². The van der Waals surface area contributed by atoms with Crippen molar-refractivity contribution in [3.05, 3.63) is 35.9 Å². The standard InChI is InChI=1S/C13H19NO3/c1-17-9-5-8-14-12(10-13(15)16)11-6-3-2-4-7-11/h2-4,6-7,12,14H,5,8-10H2,1H3,(H,15,16). The summed E-state index contributed by atoms with van der Waals surface area (Å²) < 4.78 is 4.95. The Morgan fingerprint density at radius 3 is 2.71 bits per heavy atom. The predicted molar refractivity (Wildman–Crippen MR) is 65.9 cm³/mol. The second-order valence-corrected chi connectivity index (χ2v) is 3.86. The van der Waals surface area contributed by atoms with Gasteiger partial charge in [0.1, 0.15) is 0 Å². The maximum atomic E-state index is 10.8. The predicted octanol–water partition coefficient (Wildman–Crippen LogP) is 1.83. The van der Waals surface area contributed by atoms with Crippen molar-refractivity contribution >= 4 is 5.97 Å². The average Bonchev–Trinajstić information content (AvgIpc) is 2.34. The molecule has 4 heteroatoms. The number of methoxy groups -OCH3 is 1. The number of hydrogen-bond donors (Lipinski definition) is 2. The highest BCUT2D eigenvalue weighted by Gasteiger charge is 2.13. The summed E-state index contributed by atoms with van der Waals surface area (Å²) in [5, 5.41) is 12.1. The number of aliphatic carboxylic acids is 1. The zero-order chi connectivity index (χ0) is 12.5. The largest absolute Gasteiger partial charge is 0.481 e. The minimum Gasteiger partial charge on any atom is -0.481 e. The molecular formula is C13H19NO3. The van der Waals surface area contributed by atoms with Crippen molar-refractivity contribution < 1.29 is 14.6 Å². The van der Waals surface area contributed by atoms with E-state index in [0.717, 1.165) is 18.5 Å². The molecule has 1 unspecified atom stereocenters. The lowest BCUT2D eigenvalue weighted by molar-refractivity contribution is -0.137. The fourth-order valence-electron chi connectivity index (χ4n) is 1.66. The number of hydrogen-bond acceptors (Lipinski definition) is 3. The van der Waals surface area contributed by atoms with Crippen LogP contribution in [-0.4, -0.2) is 31.3 Å². The number of ether oxygens (including phenoxy) is 1. The smallest absolute Gasteiger partial charge is 0.305 e. The molecule has 17 heavy (non-hydrogen) atoms. The van der Waals surface area contributed by atoms with Crippen LogP contribution in [0.3, 0.4) is 0 Å². The van der Waals surface area contributed by atoms with E-state index in [2.05, 4.69) is 5.32 Å². The molecule has 0 aromatic heterocycles. The Kier molecular flexibility index (Phi) is 6.29. The summed E-state index contributed by atoms with van der Waals surface area (Å²) >= 11 is 0. The van der Waals surface area contributed by atoms with Gasteiger partial charge in [0, 0.05) is 19.8 Å². The van der Waals surface area contributed by atoms with E-state index >= 15 is 0 Å². The maximum Gasteiger partial charge on any atom is 0.305 e. The molecular weight excluding hydrogens is 218 g/mol. The molecule has 0 bridgehead atoms. The highest BCUT2D eigenvalue weighted by molar-refractivity contribution is 5.67. The van der Waals surface area contributed by atoms with Gasteiger partial charge in [0.15, 0.2) is 0 Å². The molecule has 0 saturated heterocycles. The third-order valence-corrected chi connectivity index (χ3v) is 2.50. The minimum absolute atomic E-state index is 0.0942. The van der Waals surface area contributed by atoms with Crippen molar-refractivity contribution in [2.75, 3.05) is 20.3 Å². The number of carbonyl (C=O) groups is 1. The zero-order valence-corrected chi connectivity index (χ0v) is 10.1. The molecule has 0 amide bonds. The Morgan fingerprint density at radius 1 is 1.41 bits per heavy atom. The molecule has 1 aromatic rings. The van der Waals surface area contributed by atoms with Gasteiger partial charge in [-0.25, -0.2) is 0 Å². The van der Waals surface area contributed by atoms with Gasteiger partial charge in [-0.05, 0) is 18.5 Å². The van der Waals surface area contributed by atoms with Crippen LogP contribution in [0, 0.1) is 0 Å². The third kappa shape index (κ3) is 5.47. The SMILES string of the molecule is COCCCNC(CC(=O)O)c1ccccc1. The Morgan fingerprint density at radius 2 is 2.12 bits per heavy atom. The summed E-state index contributed by atoms with van der Waals surface area (Å²) in [5.41, 5.74) is 1.01. The van der Waals surface area contributed by atoms with E-state index < -0.39 is 5.97 Å². The van der Waals surface area contributed by atoms with Crippen molar-refractivity contribution in [3.8, 4) is 0 Å². The van der Waals surface area contributed by atoms with Crippen molar-refractivity contribution in [3.63, 3.8) is 0 Å². The molecule has 0 aliphatic heterocycles. The Hall–Kier alpha value is -1.39. The molecule has 0 radical (unpaired) electrons. The molecule has 0 fully saturated rings.